The molecule has 4 heteroatoms. The number of hydrogen-bond acceptors (Lipinski definition) is 2. The van der Waals surface area contributed by atoms with Crippen LogP contribution in [-0.4, -0.2) is 5.91 Å². The molecule has 0 spiro atoms. The smallest absolute Gasteiger partial charge is 0.256 e. The molecule has 0 aliphatic carbocycles. The minimum atomic E-state index is -0.0899. The van der Waals surface area contributed by atoms with Gasteiger partial charge in [-0.1, -0.05) is 15.9 Å². The zero-order valence-corrected chi connectivity index (χ0v) is 13.1. The number of hydrogen-bond donors (Lipinski definition) is 1. The van der Waals surface area contributed by atoms with Crippen LogP contribution in [0.4, 0.5) is 5.69 Å². The van der Waals surface area contributed by atoms with Crippen molar-refractivity contribution in [1.82, 2.24) is 0 Å². The van der Waals surface area contributed by atoms with Gasteiger partial charge in [-0.3, -0.25) is 4.79 Å². The Hall–Kier alpha value is -1.81. The van der Waals surface area contributed by atoms with Gasteiger partial charge in [-0.25, -0.2) is 0 Å². The molecule has 1 aliphatic heterocycles. The van der Waals surface area contributed by atoms with Gasteiger partial charge in [0.1, 0.15) is 11.5 Å². The molecule has 102 valence electrons. The minimum absolute atomic E-state index is 0.0899. The Morgan fingerprint density at radius 2 is 2.00 bits per heavy atom. The van der Waals surface area contributed by atoms with E-state index in [0.717, 1.165) is 32.6 Å². The Bertz CT molecular complexity index is 737. The summed E-state index contributed by atoms with van der Waals surface area (Å²) in [5, 5.41) is 2.89. The molecule has 0 unspecified atom stereocenters. The van der Waals surface area contributed by atoms with E-state index in [0.29, 0.717) is 11.3 Å². The maximum Gasteiger partial charge on any atom is 0.256 e. The second kappa shape index (κ2) is 4.63. The fourth-order valence-corrected chi connectivity index (χ4v) is 2.72. The SMILES string of the molecule is Cc1cc(C=C2C(=O)Nc3ccc(Br)c(C)c32)oc1C. The summed E-state index contributed by atoms with van der Waals surface area (Å²) in [5.41, 5.74) is 4.57. The highest BCUT2D eigenvalue weighted by molar-refractivity contribution is 9.10. The summed E-state index contributed by atoms with van der Waals surface area (Å²) in [5.74, 6) is 1.49. The zero-order chi connectivity index (χ0) is 14.4. The number of anilines is 1. The average molecular weight is 332 g/mol. The first-order valence-electron chi connectivity index (χ1n) is 6.37. The van der Waals surface area contributed by atoms with Gasteiger partial charge in [0.15, 0.2) is 0 Å². The molecule has 2 heterocycles. The van der Waals surface area contributed by atoms with Crippen molar-refractivity contribution in [2.75, 3.05) is 5.32 Å². The van der Waals surface area contributed by atoms with Crippen molar-refractivity contribution in [1.29, 1.82) is 0 Å². The van der Waals surface area contributed by atoms with Crippen LogP contribution in [0.25, 0.3) is 11.6 Å². The van der Waals surface area contributed by atoms with E-state index in [1.165, 1.54) is 0 Å². The number of benzene rings is 1. The monoisotopic (exact) mass is 331 g/mol. The minimum Gasteiger partial charge on any atom is -0.462 e. The summed E-state index contributed by atoms with van der Waals surface area (Å²) in [6, 6.07) is 5.79. The molecule has 1 aromatic heterocycles. The van der Waals surface area contributed by atoms with Gasteiger partial charge in [0.25, 0.3) is 5.91 Å². The molecule has 0 bridgehead atoms. The first-order valence-corrected chi connectivity index (χ1v) is 7.16. The highest BCUT2D eigenvalue weighted by Gasteiger charge is 2.27. The molecule has 3 nitrogen and oxygen atoms in total. The van der Waals surface area contributed by atoms with E-state index in [4.69, 9.17) is 4.42 Å². The van der Waals surface area contributed by atoms with Crippen molar-refractivity contribution in [2.45, 2.75) is 20.8 Å². The third-order valence-electron chi connectivity index (χ3n) is 3.63. The van der Waals surface area contributed by atoms with E-state index in [1.54, 1.807) is 6.08 Å². The van der Waals surface area contributed by atoms with E-state index in [1.807, 2.05) is 39.0 Å². The number of carbonyl (C=O) groups excluding carboxylic acids is 1. The molecule has 0 atom stereocenters. The van der Waals surface area contributed by atoms with Gasteiger partial charge in [0.2, 0.25) is 0 Å². The normalized spacial score (nSPS) is 15.6. The molecule has 0 fully saturated rings. The summed E-state index contributed by atoms with van der Waals surface area (Å²) in [6.07, 6.45) is 1.81. The van der Waals surface area contributed by atoms with Crippen molar-refractivity contribution in [3.8, 4) is 0 Å². The molecular weight excluding hydrogens is 318 g/mol. The van der Waals surface area contributed by atoms with Crippen molar-refractivity contribution in [3.63, 3.8) is 0 Å². The van der Waals surface area contributed by atoms with Gasteiger partial charge in [-0.2, -0.15) is 0 Å². The van der Waals surface area contributed by atoms with Crippen LogP contribution in [0.15, 0.2) is 27.1 Å². The van der Waals surface area contributed by atoms with Gasteiger partial charge in [-0.05, 0) is 56.2 Å². The number of nitrogens with one attached hydrogen (secondary N) is 1. The van der Waals surface area contributed by atoms with Crippen LogP contribution in [-0.2, 0) is 4.79 Å². The number of halogens is 1. The summed E-state index contributed by atoms with van der Waals surface area (Å²) in [4.78, 5) is 12.2. The fourth-order valence-electron chi connectivity index (χ4n) is 2.39. The van der Waals surface area contributed by atoms with Gasteiger partial charge >= 0.3 is 0 Å². The number of amides is 1. The molecule has 0 saturated heterocycles. The van der Waals surface area contributed by atoms with Gasteiger partial charge in [-0.15, -0.1) is 0 Å². The number of aryl methyl sites for hydroxylation is 2. The molecule has 1 amide bonds. The molecule has 3 rings (SSSR count). The van der Waals surface area contributed by atoms with Crippen LogP contribution in [0.1, 0.15) is 28.2 Å². The van der Waals surface area contributed by atoms with Crippen LogP contribution < -0.4 is 5.32 Å². The Labute approximate surface area is 125 Å². The Balaban J connectivity index is 2.17. The van der Waals surface area contributed by atoms with Crippen LogP contribution in [0.3, 0.4) is 0 Å². The topological polar surface area (TPSA) is 42.2 Å². The quantitative estimate of drug-likeness (QED) is 0.784. The predicted octanol–water partition coefficient (Wildman–Crippen LogP) is 4.46. The van der Waals surface area contributed by atoms with E-state index in [-0.39, 0.29) is 5.91 Å². The lowest BCUT2D eigenvalue weighted by Gasteiger charge is -2.05. The fraction of sp³-hybridized carbons (Fsp3) is 0.188. The molecule has 0 radical (unpaired) electrons. The maximum atomic E-state index is 12.2. The van der Waals surface area contributed by atoms with Crippen LogP contribution >= 0.6 is 15.9 Å². The van der Waals surface area contributed by atoms with Crippen LogP contribution in [0, 0.1) is 20.8 Å². The van der Waals surface area contributed by atoms with Crippen LogP contribution in [0.2, 0.25) is 0 Å². The Morgan fingerprint density at radius 1 is 1.25 bits per heavy atom. The van der Waals surface area contributed by atoms with Gasteiger partial charge in [0.05, 0.1) is 5.57 Å². The largest absolute Gasteiger partial charge is 0.462 e. The van der Waals surface area contributed by atoms with Gasteiger partial charge in [0, 0.05) is 15.7 Å². The molecule has 2 aromatic rings. The second-order valence-electron chi connectivity index (χ2n) is 5.00. The van der Waals surface area contributed by atoms with Crippen molar-refractivity contribution >= 4 is 39.2 Å². The zero-order valence-electron chi connectivity index (χ0n) is 11.5. The summed E-state index contributed by atoms with van der Waals surface area (Å²) in [6.45, 7) is 5.91. The molecule has 20 heavy (non-hydrogen) atoms. The molecule has 1 aromatic carbocycles. The summed E-state index contributed by atoms with van der Waals surface area (Å²) >= 11 is 3.51. The highest BCUT2D eigenvalue weighted by atomic mass is 79.9. The number of carbonyl (C=O) groups is 1. The van der Waals surface area contributed by atoms with Crippen molar-refractivity contribution < 1.29 is 9.21 Å². The first-order chi connectivity index (χ1) is 9.47. The lowest BCUT2D eigenvalue weighted by molar-refractivity contribution is -0.110. The molecule has 0 saturated carbocycles. The Kier molecular flexibility index (Phi) is 3.05. The van der Waals surface area contributed by atoms with E-state index < -0.39 is 0 Å². The van der Waals surface area contributed by atoms with Gasteiger partial charge < -0.3 is 9.73 Å². The molecular formula is C16H14BrNO2. The average Bonchev–Trinajstić information content (AvgIpc) is 2.87. The lowest BCUT2D eigenvalue weighted by atomic mass is 10.0. The van der Waals surface area contributed by atoms with Crippen molar-refractivity contribution in [2.24, 2.45) is 0 Å². The second-order valence-corrected chi connectivity index (χ2v) is 5.85. The van der Waals surface area contributed by atoms with E-state index in [9.17, 15) is 4.79 Å². The number of fused-ring (bicyclic) bond motifs is 1. The lowest BCUT2D eigenvalue weighted by Crippen LogP contribution is -2.03. The molecule has 1 aliphatic rings. The summed E-state index contributed by atoms with van der Waals surface area (Å²) in [7, 11) is 0. The third kappa shape index (κ3) is 2.00. The highest BCUT2D eigenvalue weighted by Crippen LogP contribution is 2.38. The number of furan rings is 1. The van der Waals surface area contributed by atoms with E-state index >= 15 is 0 Å². The van der Waals surface area contributed by atoms with Crippen LogP contribution in [0.5, 0.6) is 0 Å². The maximum absolute atomic E-state index is 12.2. The van der Waals surface area contributed by atoms with E-state index in [2.05, 4.69) is 21.2 Å². The standard InChI is InChI=1S/C16H14BrNO2/c1-8-6-11(20-10(8)3)7-12-15-9(2)13(17)4-5-14(15)18-16(12)19/h4-7H,1-3H3,(H,18,19). The predicted molar refractivity (Wildman–Crippen MR) is 83.6 cm³/mol. The summed E-state index contributed by atoms with van der Waals surface area (Å²) < 4.78 is 6.63. The third-order valence-corrected chi connectivity index (χ3v) is 4.49. The Morgan fingerprint density at radius 3 is 2.65 bits per heavy atom. The van der Waals surface area contributed by atoms with Crippen molar-refractivity contribution in [3.05, 3.63) is 50.9 Å². The molecule has 1 N–H and O–H groups in total. The first kappa shape index (κ1) is 13.2. The number of rotatable bonds is 1.